The van der Waals surface area contributed by atoms with Gasteiger partial charge in [0.25, 0.3) is 0 Å². The van der Waals surface area contributed by atoms with Crippen LogP contribution in [-0.4, -0.2) is 28.2 Å². The zero-order chi connectivity index (χ0) is 10.6. The van der Waals surface area contributed by atoms with Gasteiger partial charge in [-0.15, -0.1) is 10.2 Å². The van der Waals surface area contributed by atoms with E-state index in [0.717, 1.165) is 11.6 Å². The van der Waals surface area contributed by atoms with E-state index < -0.39 is 0 Å². The van der Waals surface area contributed by atoms with Crippen LogP contribution >= 0.6 is 22.9 Å². The van der Waals surface area contributed by atoms with Gasteiger partial charge in [0.05, 0.1) is 6.54 Å². The number of aromatic nitrogens is 2. The van der Waals surface area contributed by atoms with Gasteiger partial charge < -0.3 is 0 Å². The van der Waals surface area contributed by atoms with Crippen molar-refractivity contribution in [2.24, 2.45) is 0 Å². The van der Waals surface area contributed by atoms with Gasteiger partial charge >= 0.3 is 0 Å². The van der Waals surface area contributed by atoms with E-state index >= 15 is 0 Å². The molecule has 5 heteroatoms. The third kappa shape index (κ3) is 3.19. The largest absolute Gasteiger partial charge is 0.297 e. The van der Waals surface area contributed by atoms with Gasteiger partial charge in [-0.2, -0.15) is 0 Å². The number of hydrogen-bond acceptors (Lipinski definition) is 4. The Kier molecular flexibility index (Phi) is 4.78. The maximum atomic E-state index is 5.72. The Morgan fingerprint density at radius 3 is 2.43 bits per heavy atom. The van der Waals surface area contributed by atoms with Crippen LogP contribution in [0.25, 0.3) is 0 Å². The predicted octanol–water partition coefficient (Wildman–Crippen LogP) is 2.81. The number of rotatable bonds is 5. The molecule has 0 atom stereocenters. The highest BCUT2D eigenvalue weighted by Gasteiger charge is 2.12. The smallest absolute Gasteiger partial charge is 0.207 e. The van der Waals surface area contributed by atoms with E-state index in [2.05, 4.69) is 36.0 Å². The molecule has 0 spiro atoms. The number of halogens is 1. The molecule has 0 aromatic carbocycles. The maximum absolute atomic E-state index is 5.72. The second-order valence-corrected chi connectivity index (χ2v) is 4.98. The summed E-state index contributed by atoms with van der Waals surface area (Å²) in [5.74, 6) is 0. The Bertz CT molecular complexity index is 273. The topological polar surface area (TPSA) is 29.0 Å². The molecule has 0 unspecified atom stereocenters. The van der Waals surface area contributed by atoms with Crippen LogP contribution in [0.5, 0.6) is 0 Å². The molecule has 1 aromatic rings. The molecule has 1 heterocycles. The first-order chi connectivity index (χ1) is 6.67. The molecule has 0 N–H and O–H groups in total. The van der Waals surface area contributed by atoms with Crippen LogP contribution in [0.4, 0.5) is 0 Å². The standard InChI is InChI=1S/C9H16ClN3S/c1-4-7(5-2)13(3)6-8-11-12-9(10)14-8/h7H,4-6H2,1-3H3. The average molecular weight is 234 g/mol. The summed E-state index contributed by atoms with van der Waals surface area (Å²) in [6.45, 7) is 5.26. The maximum Gasteiger partial charge on any atom is 0.207 e. The molecule has 0 aliphatic rings. The van der Waals surface area contributed by atoms with Gasteiger partial charge in [0.15, 0.2) is 0 Å². The van der Waals surface area contributed by atoms with E-state index in [-0.39, 0.29) is 0 Å². The minimum Gasteiger partial charge on any atom is -0.297 e. The molecule has 0 saturated heterocycles. The Morgan fingerprint density at radius 1 is 1.36 bits per heavy atom. The molecule has 0 aliphatic heterocycles. The van der Waals surface area contributed by atoms with Crippen LogP contribution in [0.2, 0.25) is 4.47 Å². The van der Waals surface area contributed by atoms with Gasteiger partial charge in [-0.3, -0.25) is 4.90 Å². The van der Waals surface area contributed by atoms with E-state index in [4.69, 9.17) is 11.6 Å². The lowest BCUT2D eigenvalue weighted by Crippen LogP contribution is -2.29. The van der Waals surface area contributed by atoms with E-state index in [1.165, 1.54) is 24.2 Å². The predicted molar refractivity (Wildman–Crippen MR) is 60.8 cm³/mol. The number of hydrogen-bond donors (Lipinski definition) is 0. The van der Waals surface area contributed by atoms with Gasteiger partial charge in [-0.25, -0.2) is 0 Å². The lowest BCUT2D eigenvalue weighted by atomic mass is 10.1. The molecule has 3 nitrogen and oxygen atoms in total. The van der Waals surface area contributed by atoms with Crippen LogP contribution in [-0.2, 0) is 6.54 Å². The van der Waals surface area contributed by atoms with Crippen molar-refractivity contribution >= 4 is 22.9 Å². The molecule has 0 aliphatic carbocycles. The Morgan fingerprint density at radius 2 is 2.00 bits per heavy atom. The average Bonchev–Trinajstić information content (AvgIpc) is 2.53. The highest BCUT2D eigenvalue weighted by Crippen LogP contribution is 2.18. The monoisotopic (exact) mass is 233 g/mol. The Balaban J connectivity index is 2.51. The summed E-state index contributed by atoms with van der Waals surface area (Å²) in [7, 11) is 2.12. The van der Waals surface area contributed by atoms with Crippen LogP contribution < -0.4 is 0 Å². The number of nitrogens with zero attached hydrogens (tertiary/aromatic N) is 3. The summed E-state index contributed by atoms with van der Waals surface area (Å²) in [6, 6.07) is 0.623. The third-order valence-electron chi connectivity index (χ3n) is 2.39. The summed E-state index contributed by atoms with van der Waals surface area (Å²) in [4.78, 5) is 2.30. The van der Waals surface area contributed by atoms with Crippen molar-refractivity contribution in [1.82, 2.24) is 15.1 Å². The molecule has 0 amide bonds. The lowest BCUT2D eigenvalue weighted by molar-refractivity contribution is 0.221. The Labute approximate surface area is 94.1 Å². The van der Waals surface area contributed by atoms with Gasteiger partial charge in [0.2, 0.25) is 4.47 Å². The minimum atomic E-state index is 0.526. The fourth-order valence-electron chi connectivity index (χ4n) is 1.55. The zero-order valence-electron chi connectivity index (χ0n) is 8.83. The van der Waals surface area contributed by atoms with Gasteiger partial charge in [0.1, 0.15) is 5.01 Å². The molecule has 1 aromatic heterocycles. The minimum absolute atomic E-state index is 0.526. The van der Waals surface area contributed by atoms with Crippen molar-refractivity contribution in [2.45, 2.75) is 39.3 Å². The first-order valence-corrected chi connectivity index (χ1v) is 6.04. The highest BCUT2D eigenvalue weighted by molar-refractivity contribution is 7.15. The van der Waals surface area contributed by atoms with Crippen LogP contribution in [0.1, 0.15) is 31.7 Å². The second kappa shape index (κ2) is 5.63. The Hall–Kier alpha value is -0.190. The first kappa shape index (κ1) is 11.9. The molecule has 0 saturated carbocycles. The van der Waals surface area contributed by atoms with Crippen molar-refractivity contribution in [3.05, 3.63) is 9.47 Å². The molecule has 0 fully saturated rings. The quantitative estimate of drug-likeness (QED) is 0.783. The molecule has 1 rings (SSSR count). The zero-order valence-corrected chi connectivity index (χ0v) is 10.4. The fraction of sp³-hybridized carbons (Fsp3) is 0.778. The summed E-state index contributed by atoms with van der Waals surface area (Å²) >= 11 is 7.17. The van der Waals surface area contributed by atoms with E-state index in [1.54, 1.807) is 0 Å². The summed E-state index contributed by atoms with van der Waals surface area (Å²) in [5, 5.41) is 8.78. The highest BCUT2D eigenvalue weighted by atomic mass is 35.5. The van der Waals surface area contributed by atoms with Crippen LogP contribution in [0.15, 0.2) is 0 Å². The molecule has 80 valence electrons. The van der Waals surface area contributed by atoms with E-state index in [1.807, 2.05) is 0 Å². The third-order valence-corrected chi connectivity index (χ3v) is 3.40. The lowest BCUT2D eigenvalue weighted by Gasteiger charge is -2.24. The van der Waals surface area contributed by atoms with Crippen molar-refractivity contribution in [3.8, 4) is 0 Å². The summed E-state index contributed by atoms with van der Waals surface area (Å²) in [6.07, 6.45) is 2.33. The van der Waals surface area contributed by atoms with E-state index in [9.17, 15) is 0 Å². The summed E-state index contributed by atoms with van der Waals surface area (Å²) in [5.41, 5.74) is 0. The first-order valence-electron chi connectivity index (χ1n) is 4.85. The normalized spacial score (nSPS) is 11.6. The van der Waals surface area contributed by atoms with Gasteiger partial charge in [-0.1, -0.05) is 25.2 Å². The molecule has 0 radical (unpaired) electrons. The van der Waals surface area contributed by atoms with E-state index in [0.29, 0.717) is 10.5 Å². The van der Waals surface area contributed by atoms with Gasteiger partial charge in [0, 0.05) is 6.04 Å². The van der Waals surface area contributed by atoms with Crippen molar-refractivity contribution in [2.75, 3.05) is 7.05 Å². The second-order valence-electron chi connectivity index (χ2n) is 3.33. The summed E-state index contributed by atoms with van der Waals surface area (Å²) < 4.78 is 0.526. The van der Waals surface area contributed by atoms with Gasteiger partial charge in [-0.05, 0) is 31.5 Å². The molecule has 14 heavy (non-hydrogen) atoms. The molecular formula is C9H16ClN3S. The van der Waals surface area contributed by atoms with Crippen LogP contribution in [0, 0.1) is 0 Å². The van der Waals surface area contributed by atoms with Crippen LogP contribution in [0.3, 0.4) is 0 Å². The van der Waals surface area contributed by atoms with Crippen molar-refractivity contribution in [1.29, 1.82) is 0 Å². The van der Waals surface area contributed by atoms with Crippen molar-refractivity contribution in [3.63, 3.8) is 0 Å². The van der Waals surface area contributed by atoms with Crippen molar-refractivity contribution < 1.29 is 0 Å². The molecule has 0 bridgehead atoms. The SMILES string of the molecule is CCC(CC)N(C)Cc1nnc(Cl)s1. The fourth-order valence-corrected chi connectivity index (χ4v) is 2.48. The molecular weight excluding hydrogens is 218 g/mol.